The summed E-state index contributed by atoms with van der Waals surface area (Å²) in [6.07, 6.45) is 1.45. The molecule has 1 atom stereocenters. The summed E-state index contributed by atoms with van der Waals surface area (Å²) in [5, 5.41) is 11.5. The van der Waals surface area contributed by atoms with Crippen molar-refractivity contribution in [2.24, 2.45) is 11.8 Å². The standard InChI is InChI=1S/C14H21NO4/c1-4-10(9(2)3)7-13(16)15-8-11-5-6-12(19-11)14(17)18/h5-6,9-10H,4,7-8H2,1-3H3,(H,15,16)(H,17,18). The molecule has 0 fully saturated rings. The Morgan fingerprint density at radius 3 is 2.53 bits per heavy atom. The van der Waals surface area contributed by atoms with Crippen molar-refractivity contribution in [1.82, 2.24) is 5.32 Å². The summed E-state index contributed by atoms with van der Waals surface area (Å²) < 4.78 is 5.06. The van der Waals surface area contributed by atoms with Crippen LogP contribution in [0.1, 0.15) is 49.9 Å². The fourth-order valence-corrected chi connectivity index (χ4v) is 1.94. The van der Waals surface area contributed by atoms with Crippen molar-refractivity contribution in [1.29, 1.82) is 0 Å². The lowest BCUT2D eigenvalue weighted by Gasteiger charge is -2.18. The molecule has 1 rings (SSSR count). The van der Waals surface area contributed by atoms with E-state index in [1.165, 1.54) is 6.07 Å². The first-order valence-corrected chi connectivity index (χ1v) is 6.52. The zero-order chi connectivity index (χ0) is 14.4. The molecular weight excluding hydrogens is 246 g/mol. The maximum atomic E-state index is 11.8. The number of carbonyl (C=O) groups is 2. The van der Waals surface area contributed by atoms with E-state index < -0.39 is 5.97 Å². The van der Waals surface area contributed by atoms with E-state index in [1.807, 2.05) is 0 Å². The normalized spacial score (nSPS) is 12.4. The van der Waals surface area contributed by atoms with Crippen LogP contribution in [0.25, 0.3) is 0 Å². The number of furan rings is 1. The Bertz CT molecular complexity index is 436. The number of carboxylic acids is 1. The van der Waals surface area contributed by atoms with Gasteiger partial charge in [-0.3, -0.25) is 4.79 Å². The lowest BCUT2D eigenvalue weighted by molar-refractivity contribution is -0.122. The molecule has 0 saturated carbocycles. The fraction of sp³-hybridized carbons (Fsp3) is 0.571. The van der Waals surface area contributed by atoms with Crippen LogP contribution in [0.5, 0.6) is 0 Å². The average Bonchev–Trinajstić information content (AvgIpc) is 2.82. The second-order valence-corrected chi connectivity index (χ2v) is 4.96. The average molecular weight is 267 g/mol. The van der Waals surface area contributed by atoms with Gasteiger partial charge >= 0.3 is 5.97 Å². The van der Waals surface area contributed by atoms with Gasteiger partial charge in [-0.15, -0.1) is 0 Å². The molecule has 1 amide bonds. The molecule has 106 valence electrons. The summed E-state index contributed by atoms with van der Waals surface area (Å²) in [5.41, 5.74) is 0. The Labute approximate surface area is 113 Å². The molecule has 1 aromatic heterocycles. The third-order valence-electron chi connectivity index (χ3n) is 3.25. The van der Waals surface area contributed by atoms with Crippen molar-refractivity contribution in [3.63, 3.8) is 0 Å². The molecule has 2 N–H and O–H groups in total. The molecule has 1 aromatic rings. The Morgan fingerprint density at radius 2 is 2.05 bits per heavy atom. The predicted molar refractivity (Wildman–Crippen MR) is 70.8 cm³/mol. The lowest BCUT2D eigenvalue weighted by atomic mass is 9.90. The van der Waals surface area contributed by atoms with Gasteiger partial charge in [0.2, 0.25) is 11.7 Å². The number of amides is 1. The van der Waals surface area contributed by atoms with Gasteiger partial charge in [-0.2, -0.15) is 0 Å². The Kier molecular flexibility index (Phi) is 5.60. The molecule has 0 saturated heterocycles. The maximum Gasteiger partial charge on any atom is 0.371 e. The largest absolute Gasteiger partial charge is 0.475 e. The van der Waals surface area contributed by atoms with E-state index in [0.717, 1.165) is 6.42 Å². The SMILES string of the molecule is CCC(CC(=O)NCc1ccc(C(=O)O)o1)C(C)C. The number of hydrogen-bond acceptors (Lipinski definition) is 3. The highest BCUT2D eigenvalue weighted by molar-refractivity contribution is 5.84. The van der Waals surface area contributed by atoms with Crippen LogP contribution in [0.3, 0.4) is 0 Å². The number of hydrogen-bond donors (Lipinski definition) is 2. The predicted octanol–water partition coefficient (Wildman–Crippen LogP) is 2.67. The monoisotopic (exact) mass is 267 g/mol. The van der Waals surface area contributed by atoms with Gasteiger partial charge in [0.1, 0.15) is 5.76 Å². The Hall–Kier alpha value is -1.78. The van der Waals surface area contributed by atoms with Crippen LogP contribution in [-0.4, -0.2) is 17.0 Å². The number of nitrogens with one attached hydrogen (secondary N) is 1. The first-order valence-electron chi connectivity index (χ1n) is 6.52. The van der Waals surface area contributed by atoms with Gasteiger partial charge in [-0.05, 0) is 24.0 Å². The minimum absolute atomic E-state index is 0.0335. The van der Waals surface area contributed by atoms with E-state index >= 15 is 0 Å². The number of aromatic carboxylic acids is 1. The van der Waals surface area contributed by atoms with E-state index in [2.05, 4.69) is 26.1 Å². The number of rotatable bonds is 7. The quantitative estimate of drug-likeness (QED) is 0.796. The number of carboxylic acid groups (broad SMARTS) is 1. The zero-order valence-corrected chi connectivity index (χ0v) is 11.6. The summed E-state index contributed by atoms with van der Waals surface area (Å²) in [7, 11) is 0. The van der Waals surface area contributed by atoms with E-state index in [1.54, 1.807) is 6.07 Å². The van der Waals surface area contributed by atoms with Crippen LogP contribution in [-0.2, 0) is 11.3 Å². The highest BCUT2D eigenvalue weighted by Gasteiger charge is 2.16. The molecule has 0 aliphatic heterocycles. The summed E-state index contributed by atoms with van der Waals surface area (Å²) in [5.74, 6) is 0.0302. The Balaban J connectivity index is 2.43. The topological polar surface area (TPSA) is 79.5 Å². The van der Waals surface area contributed by atoms with Gasteiger partial charge in [0.05, 0.1) is 6.54 Å². The van der Waals surface area contributed by atoms with E-state index in [9.17, 15) is 9.59 Å². The van der Waals surface area contributed by atoms with Crippen LogP contribution >= 0.6 is 0 Å². The summed E-state index contributed by atoms with van der Waals surface area (Å²) in [6, 6.07) is 2.94. The second-order valence-electron chi connectivity index (χ2n) is 4.96. The number of carbonyl (C=O) groups excluding carboxylic acids is 1. The minimum atomic E-state index is -1.11. The van der Waals surface area contributed by atoms with Gasteiger partial charge in [0.15, 0.2) is 0 Å². The molecule has 1 heterocycles. The highest BCUT2D eigenvalue weighted by Crippen LogP contribution is 2.18. The van der Waals surface area contributed by atoms with E-state index in [0.29, 0.717) is 24.0 Å². The van der Waals surface area contributed by atoms with Gasteiger partial charge in [-0.25, -0.2) is 4.79 Å². The molecule has 0 radical (unpaired) electrons. The van der Waals surface area contributed by atoms with Gasteiger partial charge < -0.3 is 14.8 Å². The van der Waals surface area contributed by atoms with Gasteiger partial charge in [0, 0.05) is 6.42 Å². The molecule has 0 aromatic carbocycles. The van der Waals surface area contributed by atoms with E-state index in [4.69, 9.17) is 9.52 Å². The molecule has 19 heavy (non-hydrogen) atoms. The molecule has 0 aliphatic rings. The smallest absolute Gasteiger partial charge is 0.371 e. The van der Waals surface area contributed by atoms with Crippen molar-refractivity contribution in [2.45, 2.75) is 40.2 Å². The second kappa shape index (κ2) is 6.97. The van der Waals surface area contributed by atoms with Gasteiger partial charge in [0.25, 0.3) is 0 Å². The minimum Gasteiger partial charge on any atom is -0.475 e. The molecule has 1 unspecified atom stereocenters. The zero-order valence-electron chi connectivity index (χ0n) is 11.6. The van der Waals surface area contributed by atoms with Crippen molar-refractivity contribution in [3.8, 4) is 0 Å². The van der Waals surface area contributed by atoms with E-state index in [-0.39, 0.29) is 18.2 Å². The van der Waals surface area contributed by atoms with Crippen LogP contribution < -0.4 is 5.32 Å². The molecule has 0 bridgehead atoms. The van der Waals surface area contributed by atoms with Crippen molar-refractivity contribution < 1.29 is 19.1 Å². The highest BCUT2D eigenvalue weighted by atomic mass is 16.4. The molecular formula is C14H21NO4. The third kappa shape index (κ3) is 4.77. The first-order chi connectivity index (χ1) is 8.93. The first kappa shape index (κ1) is 15.3. The third-order valence-corrected chi connectivity index (χ3v) is 3.25. The van der Waals surface area contributed by atoms with Crippen LogP contribution in [0, 0.1) is 11.8 Å². The lowest BCUT2D eigenvalue weighted by Crippen LogP contribution is -2.26. The Morgan fingerprint density at radius 1 is 1.37 bits per heavy atom. The van der Waals surface area contributed by atoms with Crippen LogP contribution in [0.15, 0.2) is 16.5 Å². The van der Waals surface area contributed by atoms with Gasteiger partial charge in [-0.1, -0.05) is 27.2 Å². The van der Waals surface area contributed by atoms with Crippen molar-refractivity contribution in [3.05, 3.63) is 23.7 Å². The summed E-state index contributed by atoms with van der Waals surface area (Å²) >= 11 is 0. The summed E-state index contributed by atoms with van der Waals surface area (Å²) in [4.78, 5) is 22.4. The molecule has 0 spiro atoms. The maximum absolute atomic E-state index is 11.8. The van der Waals surface area contributed by atoms with Crippen molar-refractivity contribution >= 4 is 11.9 Å². The van der Waals surface area contributed by atoms with Crippen LogP contribution in [0.4, 0.5) is 0 Å². The molecule has 5 nitrogen and oxygen atoms in total. The van der Waals surface area contributed by atoms with Crippen LogP contribution in [0.2, 0.25) is 0 Å². The fourth-order valence-electron chi connectivity index (χ4n) is 1.94. The van der Waals surface area contributed by atoms with Crippen molar-refractivity contribution in [2.75, 3.05) is 0 Å². The summed E-state index contributed by atoms with van der Waals surface area (Å²) in [6.45, 7) is 6.50. The molecule has 5 heteroatoms. The molecule has 0 aliphatic carbocycles.